The Morgan fingerprint density at radius 1 is 0.833 bits per heavy atom. The van der Waals surface area contributed by atoms with E-state index in [0.29, 0.717) is 0 Å². The lowest BCUT2D eigenvalue weighted by Gasteiger charge is -2.11. The van der Waals surface area contributed by atoms with Crippen LogP contribution in [-0.2, 0) is 30.4 Å². The third-order valence-corrected chi connectivity index (χ3v) is 4.48. The predicted octanol–water partition coefficient (Wildman–Crippen LogP) is 0.763. The Balaban J connectivity index is 2.77. The maximum atomic E-state index is 11.4. The van der Waals surface area contributed by atoms with Crippen LogP contribution in [-0.4, -0.2) is 42.3 Å². The van der Waals surface area contributed by atoms with Gasteiger partial charge in [-0.05, 0) is 23.6 Å². The molecule has 0 unspecified atom stereocenters. The van der Waals surface area contributed by atoms with Gasteiger partial charge in [-0.3, -0.25) is 4.55 Å². The van der Waals surface area contributed by atoms with Crippen molar-refractivity contribution < 1.29 is 38.2 Å². The summed E-state index contributed by atoms with van der Waals surface area (Å²) in [6.07, 6.45) is 1.56. The van der Waals surface area contributed by atoms with Crippen LogP contribution in [0.1, 0.15) is 0 Å². The normalized spacial score (nSPS) is 13.0. The lowest BCUT2D eigenvalue weighted by molar-refractivity contribution is 0.482. The second kappa shape index (κ2) is 5.88. The maximum Gasteiger partial charge on any atom is 0.306 e. The number of benzene rings is 2. The first-order valence-corrected chi connectivity index (χ1v) is 11.2. The van der Waals surface area contributed by atoms with Crippen molar-refractivity contribution in [2.75, 3.05) is 12.5 Å². The van der Waals surface area contributed by atoms with E-state index in [9.17, 15) is 25.3 Å². The Labute approximate surface area is 138 Å². The predicted molar refractivity (Wildman–Crippen MR) is 84.7 cm³/mol. The molecule has 0 bridgehead atoms. The van der Waals surface area contributed by atoms with Crippen molar-refractivity contribution in [2.45, 2.75) is 4.90 Å². The van der Waals surface area contributed by atoms with Gasteiger partial charge in [0, 0.05) is 11.5 Å². The van der Waals surface area contributed by atoms with Gasteiger partial charge < -0.3 is 8.37 Å². The minimum atomic E-state index is -4.53. The number of hydrogen-bond acceptors (Lipinski definition) is 8. The molecule has 2 aromatic carbocycles. The largest absolute Gasteiger partial charge is 0.382 e. The molecule has 2 rings (SSSR count). The van der Waals surface area contributed by atoms with Crippen LogP contribution in [0.15, 0.2) is 35.2 Å². The smallest absolute Gasteiger partial charge is 0.306 e. The van der Waals surface area contributed by atoms with Crippen LogP contribution < -0.4 is 8.37 Å². The van der Waals surface area contributed by atoms with Crippen molar-refractivity contribution >= 4 is 41.1 Å². The summed E-state index contributed by atoms with van der Waals surface area (Å²) in [6.45, 7) is 0. The lowest BCUT2D eigenvalue weighted by Crippen LogP contribution is -2.08. The molecule has 0 atom stereocenters. The molecular weight excluding hydrogens is 384 g/mol. The topological polar surface area (TPSA) is 141 Å². The fraction of sp³-hybridized carbons (Fsp3) is 0.167. The van der Waals surface area contributed by atoms with E-state index in [0.717, 1.165) is 30.7 Å². The van der Waals surface area contributed by atoms with Crippen LogP contribution in [0.4, 0.5) is 0 Å². The Hall–Kier alpha value is -1.89. The van der Waals surface area contributed by atoms with Crippen molar-refractivity contribution in [3.8, 4) is 11.5 Å². The van der Waals surface area contributed by atoms with Crippen LogP contribution in [0.5, 0.6) is 11.5 Å². The van der Waals surface area contributed by atoms with Gasteiger partial charge in [-0.25, -0.2) is 0 Å². The summed E-state index contributed by atoms with van der Waals surface area (Å²) in [6, 6.07) is 5.53. The molecule has 0 aliphatic rings. The fourth-order valence-corrected chi connectivity index (χ4v) is 3.31. The molecule has 24 heavy (non-hydrogen) atoms. The van der Waals surface area contributed by atoms with E-state index in [2.05, 4.69) is 0 Å². The third-order valence-electron chi connectivity index (χ3n) is 2.65. The second-order valence-corrected chi connectivity index (χ2v) is 9.43. The average molecular weight is 396 g/mol. The van der Waals surface area contributed by atoms with Crippen LogP contribution in [0.2, 0.25) is 0 Å². The molecule has 0 aliphatic heterocycles. The zero-order valence-electron chi connectivity index (χ0n) is 12.3. The van der Waals surface area contributed by atoms with Crippen LogP contribution in [0, 0.1) is 0 Å². The summed E-state index contributed by atoms with van der Waals surface area (Å²) in [5.41, 5.74) is 0. The monoisotopic (exact) mass is 396 g/mol. The summed E-state index contributed by atoms with van der Waals surface area (Å²) in [4.78, 5) is -0.481. The quantitative estimate of drug-likeness (QED) is 0.572. The molecule has 0 heterocycles. The van der Waals surface area contributed by atoms with Crippen molar-refractivity contribution in [3.63, 3.8) is 0 Å². The molecule has 0 fully saturated rings. The van der Waals surface area contributed by atoms with Crippen LogP contribution >= 0.6 is 0 Å². The highest BCUT2D eigenvalue weighted by molar-refractivity contribution is 7.86. The minimum absolute atomic E-state index is 0.0244. The number of hydrogen-bond donors (Lipinski definition) is 1. The first-order chi connectivity index (χ1) is 10.7. The zero-order chi connectivity index (χ0) is 18.3. The lowest BCUT2D eigenvalue weighted by atomic mass is 10.1. The van der Waals surface area contributed by atoms with Crippen molar-refractivity contribution in [1.29, 1.82) is 0 Å². The van der Waals surface area contributed by atoms with Gasteiger partial charge in [-0.2, -0.15) is 25.3 Å². The van der Waals surface area contributed by atoms with Gasteiger partial charge in [-0.1, -0.05) is 6.07 Å². The van der Waals surface area contributed by atoms with Gasteiger partial charge in [0.15, 0.2) is 5.75 Å². The number of fused-ring (bicyclic) bond motifs is 1. The zero-order valence-corrected chi connectivity index (χ0v) is 14.8. The summed E-state index contributed by atoms with van der Waals surface area (Å²) in [7, 11) is -12.4. The SMILES string of the molecule is CS(=O)(=O)Oc1cc(OS(C)(=O)=O)c2cc(S(=O)(=O)O)ccc2c1. The summed E-state index contributed by atoms with van der Waals surface area (Å²) in [5, 5.41) is 0.263. The van der Waals surface area contributed by atoms with Crippen molar-refractivity contribution in [3.05, 3.63) is 30.3 Å². The Morgan fingerprint density at radius 2 is 1.42 bits per heavy atom. The molecule has 0 spiro atoms. The molecule has 0 saturated heterocycles. The minimum Gasteiger partial charge on any atom is -0.382 e. The van der Waals surface area contributed by atoms with E-state index < -0.39 is 35.2 Å². The van der Waals surface area contributed by atoms with E-state index in [1.165, 1.54) is 12.1 Å². The Bertz CT molecular complexity index is 1110. The van der Waals surface area contributed by atoms with Gasteiger partial charge in [-0.15, -0.1) is 0 Å². The van der Waals surface area contributed by atoms with Gasteiger partial charge in [0.1, 0.15) is 5.75 Å². The highest BCUT2D eigenvalue weighted by Crippen LogP contribution is 2.34. The average Bonchev–Trinajstić information content (AvgIpc) is 2.33. The summed E-state index contributed by atoms with van der Waals surface area (Å²) in [5.74, 6) is -0.567. The van der Waals surface area contributed by atoms with E-state index in [4.69, 9.17) is 12.9 Å². The molecule has 132 valence electrons. The molecule has 1 N–H and O–H groups in total. The summed E-state index contributed by atoms with van der Waals surface area (Å²) < 4.78 is 86.2. The molecule has 12 heteroatoms. The van der Waals surface area contributed by atoms with E-state index >= 15 is 0 Å². The van der Waals surface area contributed by atoms with Gasteiger partial charge in [0.05, 0.1) is 17.4 Å². The molecule has 0 saturated carbocycles. The molecule has 0 aliphatic carbocycles. The molecule has 0 amide bonds. The standard InChI is InChI=1S/C12H12O9S3/c1-22(13,14)20-9-5-8-3-4-10(24(17,18)19)7-11(8)12(6-9)21-23(2,15)16/h3-7H,1-2H3,(H,17,18,19). The van der Waals surface area contributed by atoms with E-state index in [-0.39, 0.29) is 22.3 Å². The van der Waals surface area contributed by atoms with Crippen molar-refractivity contribution in [2.24, 2.45) is 0 Å². The molecular formula is C12H12O9S3. The van der Waals surface area contributed by atoms with E-state index in [1.54, 1.807) is 0 Å². The van der Waals surface area contributed by atoms with Crippen molar-refractivity contribution in [1.82, 2.24) is 0 Å². The Morgan fingerprint density at radius 3 is 1.92 bits per heavy atom. The fourth-order valence-electron chi connectivity index (χ4n) is 1.89. The third kappa shape index (κ3) is 4.80. The molecule has 9 nitrogen and oxygen atoms in total. The first kappa shape index (κ1) is 18.4. The first-order valence-electron chi connectivity index (χ1n) is 6.09. The van der Waals surface area contributed by atoms with Crippen LogP contribution in [0.3, 0.4) is 0 Å². The maximum absolute atomic E-state index is 11.4. The molecule has 0 aromatic heterocycles. The highest BCUT2D eigenvalue weighted by atomic mass is 32.2. The Kier molecular flexibility index (Phi) is 4.52. The van der Waals surface area contributed by atoms with Gasteiger partial charge >= 0.3 is 20.2 Å². The number of rotatable bonds is 5. The van der Waals surface area contributed by atoms with Gasteiger partial charge in [0.25, 0.3) is 10.1 Å². The summed E-state index contributed by atoms with van der Waals surface area (Å²) >= 11 is 0. The highest BCUT2D eigenvalue weighted by Gasteiger charge is 2.17. The molecule has 0 radical (unpaired) electrons. The van der Waals surface area contributed by atoms with E-state index in [1.807, 2.05) is 0 Å². The van der Waals surface area contributed by atoms with Crippen LogP contribution in [0.25, 0.3) is 10.8 Å². The second-order valence-electron chi connectivity index (χ2n) is 4.85. The van der Waals surface area contributed by atoms with Gasteiger partial charge in [0.2, 0.25) is 0 Å². The molecule has 2 aromatic rings.